The zero-order valence-corrected chi connectivity index (χ0v) is 16.0. The summed E-state index contributed by atoms with van der Waals surface area (Å²) < 4.78 is 6.10. The Hall–Kier alpha value is -2.62. The summed E-state index contributed by atoms with van der Waals surface area (Å²) in [6.07, 6.45) is 0. The van der Waals surface area contributed by atoms with E-state index in [1.807, 2.05) is 61.4 Å². The predicted molar refractivity (Wildman–Crippen MR) is 109 cm³/mol. The van der Waals surface area contributed by atoms with Crippen molar-refractivity contribution < 1.29 is 9.57 Å². The number of nitrogens with zero attached hydrogens (tertiary/aromatic N) is 1. The van der Waals surface area contributed by atoms with Gasteiger partial charge in [-0.2, -0.15) is 5.06 Å². The van der Waals surface area contributed by atoms with Crippen LogP contribution in [0.1, 0.15) is 25.0 Å². The average Bonchev–Trinajstić information content (AvgIpc) is 2.68. The molecule has 0 aliphatic heterocycles. The summed E-state index contributed by atoms with van der Waals surface area (Å²) in [5.41, 5.74) is 2.00. The lowest BCUT2D eigenvalue weighted by Crippen LogP contribution is -2.38. The quantitative estimate of drug-likeness (QED) is 0.471. The summed E-state index contributed by atoms with van der Waals surface area (Å²) in [6, 6.07) is 30.6. The molecule has 0 radical (unpaired) electrons. The maximum absolute atomic E-state index is 6.20. The fourth-order valence-electron chi connectivity index (χ4n) is 2.81. The second-order valence-corrected chi connectivity index (χ2v) is 7.22. The van der Waals surface area contributed by atoms with Crippen molar-refractivity contribution in [2.75, 3.05) is 6.61 Å². The molecule has 0 atom stereocenters. The molecule has 0 spiro atoms. The summed E-state index contributed by atoms with van der Waals surface area (Å²) in [6.45, 7) is 5.99. The molecule has 3 aromatic carbocycles. The summed E-state index contributed by atoms with van der Waals surface area (Å²) in [5.74, 6) is 0.851. The molecule has 3 nitrogen and oxygen atoms in total. The number of hydrogen-bond donors (Lipinski definition) is 0. The van der Waals surface area contributed by atoms with Gasteiger partial charge >= 0.3 is 0 Å². The third-order valence-corrected chi connectivity index (χ3v) is 4.14. The van der Waals surface area contributed by atoms with Crippen molar-refractivity contribution in [3.63, 3.8) is 0 Å². The minimum absolute atomic E-state index is 0.438. The smallest absolute Gasteiger partial charge is 0.129 e. The van der Waals surface area contributed by atoms with Crippen LogP contribution in [-0.4, -0.2) is 17.3 Å². The largest absolute Gasteiger partial charge is 0.485 e. The number of ether oxygens (including phenoxy) is 1. The van der Waals surface area contributed by atoms with Gasteiger partial charge in [-0.3, -0.25) is 4.84 Å². The van der Waals surface area contributed by atoms with Crippen molar-refractivity contribution in [2.24, 2.45) is 0 Å². The van der Waals surface area contributed by atoms with E-state index in [0.717, 1.165) is 18.8 Å². The van der Waals surface area contributed by atoms with Gasteiger partial charge in [0.2, 0.25) is 0 Å². The van der Waals surface area contributed by atoms with Crippen molar-refractivity contribution in [1.29, 1.82) is 0 Å². The van der Waals surface area contributed by atoms with E-state index in [1.54, 1.807) is 0 Å². The molecule has 0 fully saturated rings. The zero-order chi connectivity index (χ0) is 19.0. The lowest BCUT2D eigenvalue weighted by Gasteiger charge is -2.30. The van der Waals surface area contributed by atoms with Crippen LogP contribution < -0.4 is 4.74 Å². The van der Waals surface area contributed by atoms with Gasteiger partial charge in [-0.1, -0.05) is 78.9 Å². The third-order valence-electron chi connectivity index (χ3n) is 4.14. The molecule has 0 saturated heterocycles. The minimum Gasteiger partial charge on any atom is -0.485 e. The number of hydroxylamine groups is 2. The number of hydrogen-bond acceptors (Lipinski definition) is 3. The fraction of sp³-hybridized carbons (Fsp3) is 0.250. The van der Waals surface area contributed by atoms with Gasteiger partial charge in [-0.05, 0) is 37.1 Å². The predicted octanol–water partition coefficient (Wildman–Crippen LogP) is 5.48. The van der Waals surface area contributed by atoms with Gasteiger partial charge in [0.25, 0.3) is 0 Å². The Morgan fingerprint density at radius 2 is 1.11 bits per heavy atom. The molecule has 140 valence electrons. The van der Waals surface area contributed by atoms with E-state index in [1.165, 1.54) is 11.1 Å². The molecule has 0 N–H and O–H groups in total. The van der Waals surface area contributed by atoms with E-state index in [-0.39, 0.29) is 0 Å². The van der Waals surface area contributed by atoms with Gasteiger partial charge in [0.1, 0.15) is 18.0 Å². The maximum Gasteiger partial charge on any atom is 0.129 e. The first-order valence-electron chi connectivity index (χ1n) is 9.30. The van der Waals surface area contributed by atoms with E-state index in [9.17, 15) is 0 Å². The fourth-order valence-corrected chi connectivity index (χ4v) is 2.81. The van der Waals surface area contributed by atoms with Gasteiger partial charge in [-0.15, -0.1) is 0 Å². The molecule has 3 heteroatoms. The molecule has 3 aromatic rings. The van der Waals surface area contributed by atoms with Gasteiger partial charge in [0, 0.05) is 13.1 Å². The molecule has 0 aliphatic rings. The van der Waals surface area contributed by atoms with Crippen molar-refractivity contribution in [2.45, 2.75) is 32.5 Å². The average molecular weight is 361 g/mol. The summed E-state index contributed by atoms with van der Waals surface area (Å²) in [4.78, 5) is 6.20. The van der Waals surface area contributed by atoms with Crippen molar-refractivity contribution >= 4 is 0 Å². The Kier molecular flexibility index (Phi) is 6.64. The van der Waals surface area contributed by atoms with Gasteiger partial charge in [-0.25, -0.2) is 0 Å². The van der Waals surface area contributed by atoms with E-state index >= 15 is 0 Å². The lowest BCUT2D eigenvalue weighted by atomic mass is 10.1. The first-order valence-corrected chi connectivity index (χ1v) is 9.30. The molecule has 0 saturated carbocycles. The molecule has 27 heavy (non-hydrogen) atoms. The first-order chi connectivity index (χ1) is 13.1. The van der Waals surface area contributed by atoms with Crippen LogP contribution >= 0.6 is 0 Å². The Morgan fingerprint density at radius 1 is 0.667 bits per heavy atom. The highest BCUT2D eigenvalue weighted by Gasteiger charge is 2.22. The maximum atomic E-state index is 6.20. The number of benzene rings is 3. The van der Waals surface area contributed by atoms with Gasteiger partial charge in [0.15, 0.2) is 0 Å². The molecule has 0 aromatic heterocycles. The van der Waals surface area contributed by atoms with E-state index in [0.29, 0.717) is 6.61 Å². The van der Waals surface area contributed by atoms with Crippen LogP contribution in [-0.2, 0) is 17.9 Å². The Bertz CT molecular complexity index is 747. The topological polar surface area (TPSA) is 21.7 Å². The summed E-state index contributed by atoms with van der Waals surface area (Å²) in [7, 11) is 0. The number of rotatable bonds is 9. The molecule has 0 unspecified atom stereocenters. The summed E-state index contributed by atoms with van der Waals surface area (Å²) >= 11 is 0. The first kappa shape index (κ1) is 19.2. The lowest BCUT2D eigenvalue weighted by molar-refractivity contribution is -0.202. The summed E-state index contributed by atoms with van der Waals surface area (Å²) in [5, 5.41) is 2.00. The standard InChI is InChI=1S/C24H27NO2/c1-24(2,27-23-16-10-5-11-17-23)20-26-25(18-21-12-6-3-7-13-21)19-22-14-8-4-9-15-22/h3-17H,18-20H2,1-2H3. The highest BCUT2D eigenvalue weighted by atomic mass is 16.7. The number of para-hydroxylation sites is 1. The van der Waals surface area contributed by atoms with E-state index in [4.69, 9.17) is 9.57 Å². The van der Waals surface area contributed by atoms with Crippen LogP contribution in [0.2, 0.25) is 0 Å². The highest BCUT2D eigenvalue weighted by molar-refractivity contribution is 5.22. The SMILES string of the molecule is CC(C)(CON(Cc1ccccc1)Cc1ccccc1)Oc1ccccc1. The Morgan fingerprint density at radius 3 is 1.59 bits per heavy atom. The highest BCUT2D eigenvalue weighted by Crippen LogP contribution is 2.19. The van der Waals surface area contributed by atoms with Crippen LogP contribution in [0.25, 0.3) is 0 Å². The van der Waals surface area contributed by atoms with Crippen molar-refractivity contribution in [3.05, 3.63) is 102 Å². The molecule has 0 bridgehead atoms. The molecular weight excluding hydrogens is 334 g/mol. The molecule has 0 heterocycles. The Balaban J connectivity index is 1.64. The van der Waals surface area contributed by atoms with Crippen LogP contribution in [0.3, 0.4) is 0 Å². The van der Waals surface area contributed by atoms with Crippen LogP contribution in [0.5, 0.6) is 5.75 Å². The van der Waals surface area contributed by atoms with Crippen LogP contribution in [0.4, 0.5) is 0 Å². The zero-order valence-electron chi connectivity index (χ0n) is 16.0. The van der Waals surface area contributed by atoms with E-state index < -0.39 is 5.60 Å². The van der Waals surface area contributed by atoms with Crippen LogP contribution in [0, 0.1) is 0 Å². The van der Waals surface area contributed by atoms with Crippen LogP contribution in [0.15, 0.2) is 91.0 Å². The molecule has 0 aliphatic carbocycles. The molecule has 0 amide bonds. The van der Waals surface area contributed by atoms with Gasteiger partial charge in [0.05, 0.1) is 0 Å². The van der Waals surface area contributed by atoms with E-state index in [2.05, 4.69) is 48.5 Å². The van der Waals surface area contributed by atoms with Gasteiger partial charge < -0.3 is 4.74 Å². The molecular formula is C24H27NO2. The second-order valence-electron chi connectivity index (χ2n) is 7.22. The van der Waals surface area contributed by atoms with Crippen molar-refractivity contribution in [1.82, 2.24) is 5.06 Å². The Labute approximate surface area is 162 Å². The minimum atomic E-state index is -0.438. The monoisotopic (exact) mass is 361 g/mol. The molecule has 3 rings (SSSR count). The normalized spacial score (nSPS) is 11.5. The third kappa shape index (κ3) is 6.55. The van der Waals surface area contributed by atoms with Crippen molar-refractivity contribution in [3.8, 4) is 5.75 Å². The second kappa shape index (κ2) is 9.36.